The summed E-state index contributed by atoms with van der Waals surface area (Å²) in [6.07, 6.45) is 13.7. The Morgan fingerprint density at radius 2 is 1.62 bits per heavy atom. The van der Waals surface area contributed by atoms with Crippen LogP contribution in [-0.4, -0.2) is 13.9 Å². The van der Waals surface area contributed by atoms with E-state index in [4.69, 9.17) is 4.18 Å². The number of allylic oxidation sites excluding steroid dienone is 3. The second kappa shape index (κ2) is 8.77. The highest BCUT2D eigenvalue weighted by Gasteiger charge is 2.70. The molecule has 0 saturated heterocycles. The van der Waals surface area contributed by atoms with Crippen LogP contribution in [0, 0.1) is 62.6 Å². The lowest BCUT2D eigenvalue weighted by molar-refractivity contribution is -0.226. The molecule has 39 heavy (non-hydrogen) atoms. The van der Waals surface area contributed by atoms with Gasteiger partial charge in [0.1, 0.15) is 5.76 Å². The highest BCUT2D eigenvalue weighted by molar-refractivity contribution is 7.87. The molecule has 0 aromatic rings. The van der Waals surface area contributed by atoms with Gasteiger partial charge >= 0.3 is 15.6 Å². The Kier molecular flexibility index (Phi) is 6.63. The lowest BCUT2D eigenvalue weighted by atomic mass is 9.32. The van der Waals surface area contributed by atoms with Crippen molar-refractivity contribution in [1.82, 2.24) is 0 Å². The normalized spacial score (nSPS) is 47.4. The van der Waals surface area contributed by atoms with Crippen LogP contribution in [0.4, 0.5) is 13.2 Å². The van der Waals surface area contributed by atoms with E-state index in [2.05, 4.69) is 47.3 Å². The summed E-state index contributed by atoms with van der Waals surface area (Å²) in [4.78, 5) is 0. The first-order valence-electron chi connectivity index (χ1n) is 15.2. The first kappa shape index (κ1) is 29.5. The Bertz CT molecular complexity index is 1160. The molecule has 3 nitrogen and oxygen atoms in total. The third-order valence-electron chi connectivity index (χ3n) is 13.8. The largest absolute Gasteiger partial charge is 0.534 e. The second-order valence-corrected chi connectivity index (χ2v) is 17.1. The van der Waals surface area contributed by atoms with Gasteiger partial charge in [-0.15, -0.1) is 6.58 Å². The number of halogens is 3. The topological polar surface area (TPSA) is 43.4 Å². The molecule has 0 bridgehead atoms. The Morgan fingerprint density at radius 3 is 2.21 bits per heavy atom. The smallest absolute Gasteiger partial charge is 0.380 e. The average Bonchev–Trinajstić information content (AvgIpc) is 3.21. The number of alkyl halides is 3. The SMILES string of the molecule is C=C[C@]12CC[C@@H](C(C)C)[C@@H]1[C@H]1CC[C@@H]3[C@@]4(C)CC=C(OS(=O)(=O)C(F)(F)F)C(C)(C)[C@@H]4CC[C@@]3(C)[C@]1(C)CC2. The molecule has 7 heteroatoms. The summed E-state index contributed by atoms with van der Waals surface area (Å²) in [5, 5.41) is 0. The van der Waals surface area contributed by atoms with Gasteiger partial charge in [-0.3, -0.25) is 0 Å². The van der Waals surface area contributed by atoms with Crippen LogP contribution in [0.1, 0.15) is 106 Å². The Labute approximate surface area is 234 Å². The summed E-state index contributed by atoms with van der Waals surface area (Å²) in [5.41, 5.74) is -5.78. The van der Waals surface area contributed by atoms with Crippen molar-refractivity contribution in [2.24, 2.45) is 62.6 Å². The molecule has 5 rings (SSSR count). The fraction of sp³-hybridized carbons (Fsp3) is 0.875. The predicted octanol–water partition coefficient (Wildman–Crippen LogP) is 9.27. The van der Waals surface area contributed by atoms with Gasteiger partial charge in [0.25, 0.3) is 0 Å². The Balaban J connectivity index is 1.51. The molecule has 0 heterocycles. The molecule has 0 aromatic carbocycles. The molecule has 0 amide bonds. The first-order chi connectivity index (χ1) is 17.8. The van der Waals surface area contributed by atoms with Gasteiger partial charge < -0.3 is 4.18 Å². The van der Waals surface area contributed by atoms with Gasteiger partial charge in [0, 0.05) is 5.41 Å². The van der Waals surface area contributed by atoms with Crippen LogP contribution < -0.4 is 0 Å². The summed E-state index contributed by atoms with van der Waals surface area (Å²) < 4.78 is 68.3. The second-order valence-electron chi connectivity index (χ2n) is 15.6. The molecule has 0 unspecified atom stereocenters. The molecule has 5 aliphatic rings. The van der Waals surface area contributed by atoms with Gasteiger partial charge in [0.05, 0.1) is 0 Å². The van der Waals surface area contributed by atoms with E-state index in [9.17, 15) is 21.6 Å². The fourth-order valence-electron chi connectivity index (χ4n) is 11.7. The molecule has 0 radical (unpaired) electrons. The quantitative estimate of drug-likeness (QED) is 0.192. The summed E-state index contributed by atoms with van der Waals surface area (Å²) in [7, 11) is -5.69. The van der Waals surface area contributed by atoms with Gasteiger partial charge in [-0.05, 0) is 121 Å². The highest BCUT2D eigenvalue weighted by Crippen LogP contribution is 2.77. The van der Waals surface area contributed by atoms with E-state index < -0.39 is 21.0 Å². The minimum absolute atomic E-state index is 0.0371. The van der Waals surface area contributed by atoms with Gasteiger partial charge in [-0.2, -0.15) is 21.6 Å². The molecule has 0 aromatic heterocycles. The minimum Gasteiger partial charge on any atom is -0.380 e. The van der Waals surface area contributed by atoms with Crippen LogP contribution in [0.3, 0.4) is 0 Å². The molecular formula is C32H49F3O3S. The number of hydrogen-bond donors (Lipinski definition) is 0. The average molecular weight is 571 g/mol. The monoisotopic (exact) mass is 570 g/mol. The van der Waals surface area contributed by atoms with Crippen molar-refractivity contribution < 1.29 is 25.8 Å². The van der Waals surface area contributed by atoms with Crippen molar-refractivity contribution in [3.8, 4) is 0 Å². The summed E-state index contributed by atoms with van der Waals surface area (Å²) in [6.45, 7) is 20.4. The van der Waals surface area contributed by atoms with E-state index in [0.29, 0.717) is 30.1 Å². The Hall–Kier alpha value is -0.980. The number of rotatable bonds is 4. The van der Waals surface area contributed by atoms with E-state index in [0.717, 1.165) is 25.2 Å². The predicted molar refractivity (Wildman–Crippen MR) is 149 cm³/mol. The first-order valence-corrected chi connectivity index (χ1v) is 16.6. The standard InChI is InChI=1S/C32H49F3O3S/c1-9-31-17-12-21(20(2)3)26(31)22-10-11-24-28(6)15-14-25(38-39(36,37)32(33,34)35)27(4,5)23(28)13-16-30(24,8)29(22,7)18-19-31/h9,14,20-24,26H,1,10-13,15-19H2,2-8H3/t21-,22+,23-,24+,26+,28-,29+,30+,31+/m0/s1. The molecule has 4 fully saturated rings. The molecular weight excluding hydrogens is 521 g/mol. The molecule has 0 spiro atoms. The zero-order chi connectivity index (χ0) is 29.0. The number of fused-ring (bicyclic) bond motifs is 7. The van der Waals surface area contributed by atoms with Gasteiger partial charge in [0.15, 0.2) is 0 Å². The lowest BCUT2D eigenvalue weighted by Crippen LogP contribution is -2.65. The van der Waals surface area contributed by atoms with Crippen LogP contribution in [0.25, 0.3) is 0 Å². The van der Waals surface area contributed by atoms with E-state index in [1.54, 1.807) is 6.08 Å². The van der Waals surface area contributed by atoms with Gasteiger partial charge in [0.2, 0.25) is 0 Å². The molecule has 0 N–H and O–H groups in total. The summed E-state index contributed by atoms with van der Waals surface area (Å²) >= 11 is 0. The van der Waals surface area contributed by atoms with Crippen molar-refractivity contribution in [1.29, 1.82) is 0 Å². The van der Waals surface area contributed by atoms with E-state index in [-0.39, 0.29) is 33.3 Å². The van der Waals surface area contributed by atoms with Crippen LogP contribution in [0.2, 0.25) is 0 Å². The van der Waals surface area contributed by atoms with Gasteiger partial charge in [-0.25, -0.2) is 0 Å². The highest BCUT2D eigenvalue weighted by atomic mass is 32.2. The molecule has 222 valence electrons. The van der Waals surface area contributed by atoms with Crippen LogP contribution in [0.5, 0.6) is 0 Å². The third kappa shape index (κ3) is 3.82. The maximum absolute atomic E-state index is 13.2. The molecule has 4 saturated carbocycles. The maximum Gasteiger partial charge on any atom is 0.534 e. The zero-order valence-electron chi connectivity index (χ0n) is 25.0. The molecule has 0 aliphatic heterocycles. The fourth-order valence-corrected chi connectivity index (χ4v) is 12.3. The van der Waals surface area contributed by atoms with Crippen molar-refractivity contribution in [2.75, 3.05) is 0 Å². The van der Waals surface area contributed by atoms with E-state index in [1.807, 2.05) is 13.8 Å². The van der Waals surface area contributed by atoms with Crippen LogP contribution in [-0.2, 0) is 14.3 Å². The maximum atomic E-state index is 13.2. The zero-order valence-corrected chi connectivity index (χ0v) is 25.8. The van der Waals surface area contributed by atoms with Gasteiger partial charge in [-0.1, -0.05) is 54.5 Å². The van der Waals surface area contributed by atoms with Crippen LogP contribution in [0.15, 0.2) is 24.5 Å². The lowest BCUT2D eigenvalue weighted by Gasteiger charge is -2.72. The van der Waals surface area contributed by atoms with Crippen molar-refractivity contribution in [2.45, 2.75) is 112 Å². The van der Waals surface area contributed by atoms with Crippen molar-refractivity contribution in [3.63, 3.8) is 0 Å². The molecule has 9 atom stereocenters. The van der Waals surface area contributed by atoms with E-state index in [1.165, 1.54) is 32.1 Å². The Morgan fingerprint density at radius 1 is 0.949 bits per heavy atom. The van der Waals surface area contributed by atoms with E-state index >= 15 is 0 Å². The summed E-state index contributed by atoms with van der Waals surface area (Å²) in [5.74, 6) is 3.16. The van der Waals surface area contributed by atoms with Crippen molar-refractivity contribution in [3.05, 3.63) is 24.5 Å². The molecule has 5 aliphatic carbocycles. The minimum atomic E-state index is -5.69. The third-order valence-corrected chi connectivity index (χ3v) is 14.8. The van der Waals surface area contributed by atoms with Crippen molar-refractivity contribution >= 4 is 10.1 Å². The van der Waals surface area contributed by atoms with Crippen LogP contribution >= 0.6 is 0 Å². The number of hydrogen-bond acceptors (Lipinski definition) is 3. The summed E-state index contributed by atoms with van der Waals surface area (Å²) in [6, 6.07) is 0.